The third-order valence-corrected chi connectivity index (χ3v) is 8.45. The maximum atomic E-state index is 13.4. The molecule has 3 rings (SSSR count). The molecule has 31 heavy (non-hydrogen) atoms. The second-order valence-electron chi connectivity index (χ2n) is 8.34. The molecule has 0 fully saturated rings. The molecular weight excluding hydrogens is 430 g/mol. The molecule has 0 aromatic carbocycles. The SMILES string of the molecule is CC[C@H](C)N(C(=O)CSc1nc2sc3c(c2c(=O)n1CCOC)CCCC3)[C@@H](C)CC. The highest BCUT2D eigenvalue weighted by atomic mass is 32.2. The van der Waals surface area contributed by atoms with E-state index >= 15 is 0 Å². The van der Waals surface area contributed by atoms with Crippen LogP contribution in [0.15, 0.2) is 9.95 Å². The van der Waals surface area contributed by atoms with Crippen molar-refractivity contribution >= 4 is 39.2 Å². The Kier molecular flexibility index (Phi) is 8.58. The zero-order chi connectivity index (χ0) is 22.5. The van der Waals surface area contributed by atoms with Crippen LogP contribution < -0.4 is 5.56 Å². The van der Waals surface area contributed by atoms with Gasteiger partial charge in [-0.1, -0.05) is 25.6 Å². The maximum absolute atomic E-state index is 13.4. The number of hydrogen-bond donors (Lipinski definition) is 0. The number of ether oxygens (including phenoxy) is 1. The van der Waals surface area contributed by atoms with Gasteiger partial charge < -0.3 is 9.64 Å². The molecule has 6 nitrogen and oxygen atoms in total. The van der Waals surface area contributed by atoms with Crippen LogP contribution in [0.5, 0.6) is 0 Å². The summed E-state index contributed by atoms with van der Waals surface area (Å²) < 4.78 is 6.96. The van der Waals surface area contributed by atoms with Crippen molar-refractivity contribution in [3.63, 3.8) is 0 Å². The highest BCUT2D eigenvalue weighted by molar-refractivity contribution is 7.99. The number of carbonyl (C=O) groups is 1. The van der Waals surface area contributed by atoms with Crippen molar-refractivity contribution in [3.8, 4) is 0 Å². The van der Waals surface area contributed by atoms with Gasteiger partial charge in [-0.05, 0) is 57.9 Å². The van der Waals surface area contributed by atoms with Crippen LogP contribution in [0, 0.1) is 0 Å². The highest BCUT2D eigenvalue weighted by Crippen LogP contribution is 2.34. The van der Waals surface area contributed by atoms with E-state index in [2.05, 4.69) is 27.7 Å². The molecule has 1 aliphatic rings. The summed E-state index contributed by atoms with van der Waals surface area (Å²) in [5.74, 6) is 0.386. The number of fused-ring (bicyclic) bond motifs is 3. The quantitative estimate of drug-likeness (QED) is 0.382. The Labute approximate surface area is 193 Å². The van der Waals surface area contributed by atoms with Crippen LogP contribution in [0.2, 0.25) is 0 Å². The Balaban J connectivity index is 1.93. The van der Waals surface area contributed by atoms with Gasteiger partial charge in [-0.15, -0.1) is 11.3 Å². The molecule has 0 bridgehead atoms. The van der Waals surface area contributed by atoms with Gasteiger partial charge in [-0.25, -0.2) is 4.98 Å². The lowest BCUT2D eigenvalue weighted by Crippen LogP contribution is -2.45. The molecule has 0 aliphatic heterocycles. The highest BCUT2D eigenvalue weighted by Gasteiger charge is 2.26. The van der Waals surface area contributed by atoms with E-state index in [1.165, 1.54) is 28.6 Å². The first-order chi connectivity index (χ1) is 14.9. The van der Waals surface area contributed by atoms with E-state index in [0.717, 1.165) is 42.3 Å². The third kappa shape index (κ3) is 5.17. The van der Waals surface area contributed by atoms with Crippen LogP contribution in [0.4, 0.5) is 0 Å². The molecule has 1 aliphatic carbocycles. The molecule has 1 amide bonds. The second kappa shape index (κ2) is 11.0. The predicted octanol–water partition coefficient (Wildman–Crippen LogP) is 4.50. The fraction of sp³-hybridized carbons (Fsp3) is 0.696. The predicted molar refractivity (Wildman–Crippen MR) is 129 cm³/mol. The van der Waals surface area contributed by atoms with Crippen molar-refractivity contribution in [1.29, 1.82) is 0 Å². The molecule has 2 atom stereocenters. The summed E-state index contributed by atoms with van der Waals surface area (Å²) in [5.41, 5.74) is 1.21. The number of amides is 1. The van der Waals surface area contributed by atoms with Crippen LogP contribution in [-0.4, -0.2) is 51.9 Å². The summed E-state index contributed by atoms with van der Waals surface area (Å²) in [5, 5.41) is 1.40. The normalized spacial score (nSPS) is 15.6. The van der Waals surface area contributed by atoms with Crippen LogP contribution >= 0.6 is 23.1 Å². The fourth-order valence-corrected chi connectivity index (χ4v) is 6.43. The summed E-state index contributed by atoms with van der Waals surface area (Å²) in [7, 11) is 1.63. The minimum Gasteiger partial charge on any atom is -0.383 e. The molecule has 2 aromatic rings. The van der Waals surface area contributed by atoms with Gasteiger partial charge in [0.2, 0.25) is 5.91 Å². The number of methoxy groups -OCH3 is 1. The Bertz CT molecular complexity index is 959. The first-order valence-electron chi connectivity index (χ1n) is 11.4. The number of aromatic nitrogens is 2. The summed E-state index contributed by atoms with van der Waals surface area (Å²) in [6.45, 7) is 9.30. The molecule has 0 saturated heterocycles. The lowest BCUT2D eigenvalue weighted by atomic mass is 9.97. The van der Waals surface area contributed by atoms with Crippen molar-refractivity contribution in [2.24, 2.45) is 0 Å². The van der Waals surface area contributed by atoms with E-state index in [4.69, 9.17) is 9.72 Å². The Morgan fingerprint density at radius 3 is 2.55 bits per heavy atom. The van der Waals surface area contributed by atoms with Crippen LogP contribution in [0.1, 0.15) is 63.8 Å². The lowest BCUT2D eigenvalue weighted by Gasteiger charge is -2.34. The van der Waals surface area contributed by atoms with E-state index in [9.17, 15) is 9.59 Å². The lowest BCUT2D eigenvalue weighted by molar-refractivity contribution is -0.132. The molecule has 0 saturated carbocycles. The first kappa shape index (κ1) is 24.3. The fourth-order valence-electron chi connectivity index (χ4n) is 4.23. The Morgan fingerprint density at radius 1 is 1.23 bits per heavy atom. The molecule has 0 N–H and O–H groups in total. The summed E-state index contributed by atoms with van der Waals surface area (Å²) in [4.78, 5) is 35.6. The number of nitrogens with zero attached hydrogens (tertiary/aromatic N) is 3. The van der Waals surface area contributed by atoms with E-state index in [1.54, 1.807) is 23.0 Å². The molecule has 0 unspecified atom stereocenters. The Morgan fingerprint density at radius 2 is 1.90 bits per heavy atom. The van der Waals surface area contributed by atoms with Gasteiger partial charge in [0.05, 0.1) is 24.3 Å². The number of rotatable bonds is 10. The van der Waals surface area contributed by atoms with Gasteiger partial charge in [0.25, 0.3) is 5.56 Å². The average molecular weight is 466 g/mol. The van der Waals surface area contributed by atoms with E-state index in [1.807, 2.05) is 4.90 Å². The number of carbonyl (C=O) groups excluding carboxylic acids is 1. The minimum atomic E-state index is 0.0112. The van der Waals surface area contributed by atoms with Crippen LogP contribution in [-0.2, 0) is 28.9 Å². The monoisotopic (exact) mass is 465 g/mol. The number of thiophene rings is 1. The van der Waals surface area contributed by atoms with E-state index in [-0.39, 0.29) is 29.3 Å². The zero-order valence-corrected chi connectivity index (χ0v) is 21.0. The molecular formula is C23H35N3O3S2. The van der Waals surface area contributed by atoms with Gasteiger partial charge in [-0.2, -0.15) is 0 Å². The van der Waals surface area contributed by atoms with E-state index < -0.39 is 0 Å². The van der Waals surface area contributed by atoms with Crippen LogP contribution in [0.3, 0.4) is 0 Å². The Hall–Kier alpha value is -1.38. The summed E-state index contributed by atoms with van der Waals surface area (Å²) in [6.07, 6.45) is 6.14. The van der Waals surface area contributed by atoms with Crippen molar-refractivity contribution < 1.29 is 9.53 Å². The molecule has 2 heterocycles. The number of aryl methyl sites for hydroxylation is 2. The van der Waals surface area contributed by atoms with Crippen molar-refractivity contribution in [2.45, 2.75) is 90.0 Å². The van der Waals surface area contributed by atoms with Gasteiger partial charge >= 0.3 is 0 Å². The summed E-state index contributed by atoms with van der Waals surface area (Å²) >= 11 is 3.03. The maximum Gasteiger partial charge on any atom is 0.263 e. The molecule has 0 radical (unpaired) electrons. The molecule has 2 aromatic heterocycles. The molecule has 172 valence electrons. The van der Waals surface area contributed by atoms with Crippen LogP contribution in [0.25, 0.3) is 10.2 Å². The molecule has 0 spiro atoms. The third-order valence-electron chi connectivity index (χ3n) is 6.30. The first-order valence-corrected chi connectivity index (χ1v) is 13.2. The van der Waals surface area contributed by atoms with Gasteiger partial charge in [0, 0.05) is 24.1 Å². The van der Waals surface area contributed by atoms with Crippen molar-refractivity contribution in [2.75, 3.05) is 19.5 Å². The van der Waals surface area contributed by atoms with Crippen molar-refractivity contribution in [1.82, 2.24) is 14.5 Å². The smallest absolute Gasteiger partial charge is 0.263 e. The largest absolute Gasteiger partial charge is 0.383 e. The standard InChI is InChI=1S/C23H35N3O3S2/c1-6-15(3)26(16(4)7-2)19(27)14-30-23-24-21-20(22(28)25(23)12-13-29-5)17-10-8-9-11-18(17)31-21/h15-16H,6-14H2,1-5H3/t15-,16-/m0/s1. The van der Waals surface area contributed by atoms with Gasteiger partial charge in [0.1, 0.15) is 4.83 Å². The average Bonchev–Trinajstić information content (AvgIpc) is 3.15. The number of thioether (sulfide) groups is 1. The van der Waals surface area contributed by atoms with E-state index in [0.29, 0.717) is 18.3 Å². The molecule has 8 heteroatoms. The van der Waals surface area contributed by atoms with Gasteiger partial charge in [-0.3, -0.25) is 14.2 Å². The summed E-state index contributed by atoms with van der Waals surface area (Å²) in [6, 6.07) is 0.386. The zero-order valence-electron chi connectivity index (χ0n) is 19.4. The van der Waals surface area contributed by atoms with Gasteiger partial charge in [0.15, 0.2) is 5.16 Å². The van der Waals surface area contributed by atoms with Crippen molar-refractivity contribution in [3.05, 3.63) is 20.8 Å². The topological polar surface area (TPSA) is 64.4 Å². The number of hydrogen-bond acceptors (Lipinski definition) is 6. The second-order valence-corrected chi connectivity index (χ2v) is 10.4. The minimum absolute atomic E-state index is 0.0112.